The molecular weight excluding hydrogens is 154 g/mol. The van der Waals surface area contributed by atoms with Crippen molar-refractivity contribution >= 4 is 12.1 Å². The number of carbonyl (C=O) groups excluding carboxylic acids is 2. The lowest BCUT2D eigenvalue weighted by atomic mass is 10.0. The van der Waals surface area contributed by atoms with Gasteiger partial charge in [0.1, 0.15) is 0 Å². The summed E-state index contributed by atoms with van der Waals surface area (Å²) in [5, 5.41) is 0. The quantitative estimate of drug-likeness (QED) is 0.492. The number of hydrogen-bond acceptors (Lipinski definition) is 3. The molecule has 1 heterocycles. The van der Waals surface area contributed by atoms with E-state index in [2.05, 4.69) is 4.98 Å². The first-order valence-corrected chi connectivity index (χ1v) is 3.65. The number of aromatic nitrogens is 1. The molecule has 1 unspecified atom stereocenters. The standard InChI is InChI=1S/C9H9NO2/c1-7(9(12)6-11)8-4-2-3-5-10-8/h2-7H,1H3. The first-order valence-electron chi connectivity index (χ1n) is 3.65. The molecule has 0 fully saturated rings. The van der Waals surface area contributed by atoms with Crippen LogP contribution in [0.25, 0.3) is 0 Å². The Hall–Kier alpha value is -1.51. The minimum Gasteiger partial charge on any atom is -0.295 e. The second kappa shape index (κ2) is 3.76. The zero-order chi connectivity index (χ0) is 8.97. The minimum absolute atomic E-state index is 0.333. The Bertz CT molecular complexity index is 282. The molecule has 1 aromatic rings. The lowest BCUT2D eigenvalue weighted by Gasteiger charge is -2.03. The van der Waals surface area contributed by atoms with E-state index >= 15 is 0 Å². The molecule has 0 aromatic carbocycles. The third kappa shape index (κ3) is 1.75. The molecule has 0 N–H and O–H groups in total. The van der Waals surface area contributed by atoms with Crippen LogP contribution in [-0.2, 0) is 9.59 Å². The first-order chi connectivity index (χ1) is 5.75. The maximum atomic E-state index is 10.9. The first kappa shape index (κ1) is 8.59. The predicted octanol–water partition coefficient (Wildman–Crippen LogP) is 0.953. The van der Waals surface area contributed by atoms with Crippen molar-refractivity contribution in [1.29, 1.82) is 0 Å². The summed E-state index contributed by atoms with van der Waals surface area (Å²) in [5.74, 6) is -0.864. The molecule has 0 saturated heterocycles. The normalized spacial score (nSPS) is 12.1. The van der Waals surface area contributed by atoms with Crippen molar-refractivity contribution in [3.05, 3.63) is 30.1 Å². The summed E-state index contributed by atoms with van der Waals surface area (Å²) in [5.41, 5.74) is 0.634. The van der Waals surface area contributed by atoms with Gasteiger partial charge in [0, 0.05) is 6.20 Å². The highest BCUT2D eigenvalue weighted by Gasteiger charge is 2.14. The third-order valence-electron chi connectivity index (χ3n) is 1.67. The Morgan fingerprint density at radius 3 is 2.83 bits per heavy atom. The number of nitrogens with zero attached hydrogens (tertiary/aromatic N) is 1. The van der Waals surface area contributed by atoms with Gasteiger partial charge in [-0.15, -0.1) is 0 Å². The van der Waals surface area contributed by atoms with E-state index in [-0.39, 0.29) is 0 Å². The zero-order valence-electron chi connectivity index (χ0n) is 6.73. The van der Waals surface area contributed by atoms with E-state index in [0.29, 0.717) is 12.0 Å². The van der Waals surface area contributed by atoms with E-state index in [4.69, 9.17) is 0 Å². The minimum atomic E-state index is -0.436. The van der Waals surface area contributed by atoms with Crippen molar-refractivity contribution in [2.45, 2.75) is 12.8 Å². The van der Waals surface area contributed by atoms with Crippen molar-refractivity contribution < 1.29 is 9.59 Å². The maximum Gasteiger partial charge on any atom is 0.203 e. The second-order valence-electron chi connectivity index (χ2n) is 2.50. The van der Waals surface area contributed by atoms with Crippen LogP contribution in [0.3, 0.4) is 0 Å². The lowest BCUT2D eigenvalue weighted by Crippen LogP contribution is -2.10. The monoisotopic (exact) mass is 163 g/mol. The van der Waals surface area contributed by atoms with Gasteiger partial charge in [0.05, 0.1) is 11.6 Å². The van der Waals surface area contributed by atoms with Crippen molar-refractivity contribution in [3.8, 4) is 0 Å². The van der Waals surface area contributed by atoms with Gasteiger partial charge in [-0.25, -0.2) is 0 Å². The van der Waals surface area contributed by atoms with Crippen LogP contribution >= 0.6 is 0 Å². The van der Waals surface area contributed by atoms with Gasteiger partial charge in [-0.05, 0) is 19.1 Å². The molecule has 0 amide bonds. The number of rotatable bonds is 3. The largest absolute Gasteiger partial charge is 0.295 e. The van der Waals surface area contributed by atoms with Gasteiger partial charge in [-0.2, -0.15) is 0 Å². The van der Waals surface area contributed by atoms with Crippen molar-refractivity contribution in [1.82, 2.24) is 4.98 Å². The van der Waals surface area contributed by atoms with Crippen LogP contribution in [0.2, 0.25) is 0 Å². The van der Waals surface area contributed by atoms with Gasteiger partial charge in [0.2, 0.25) is 5.78 Å². The molecule has 0 aliphatic carbocycles. The van der Waals surface area contributed by atoms with E-state index in [1.807, 2.05) is 0 Å². The topological polar surface area (TPSA) is 47.0 Å². The number of aldehydes is 1. The average molecular weight is 163 g/mol. The Morgan fingerprint density at radius 1 is 1.58 bits per heavy atom. The molecule has 0 radical (unpaired) electrons. The fraction of sp³-hybridized carbons (Fsp3) is 0.222. The predicted molar refractivity (Wildman–Crippen MR) is 43.7 cm³/mol. The SMILES string of the molecule is CC(C(=O)C=O)c1ccccn1. The number of Topliss-reactive ketones (excluding diaryl/α,β-unsaturated/α-hetero) is 1. The number of pyridine rings is 1. The molecule has 1 rings (SSSR count). The van der Waals surface area contributed by atoms with Crippen molar-refractivity contribution in [3.63, 3.8) is 0 Å². The zero-order valence-corrected chi connectivity index (χ0v) is 6.73. The van der Waals surface area contributed by atoms with E-state index in [0.717, 1.165) is 0 Å². The molecule has 0 spiro atoms. The highest BCUT2D eigenvalue weighted by atomic mass is 16.2. The summed E-state index contributed by atoms with van der Waals surface area (Å²) in [4.78, 5) is 25.0. The van der Waals surface area contributed by atoms with Crippen LogP contribution in [0.5, 0.6) is 0 Å². The molecule has 1 aromatic heterocycles. The smallest absolute Gasteiger partial charge is 0.203 e. The molecule has 0 bridgehead atoms. The van der Waals surface area contributed by atoms with Crippen molar-refractivity contribution in [2.24, 2.45) is 0 Å². The summed E-state index contributed by atoms with van der Waals surface area (Å²) in [6.07, 6.45) is 1.93. The van der Waals surface area contributed by atoms with E-state index in [9.17, 15) is 9.59 Å². The highest BCUT2D eigenvalue weighted by molar-refractivity contribution is 6.27. The van der Waals surface area contributed by atoms with Crippen LogP contribution in [0.4, 0.5) is 0 Å². The molecule has 62 valence electrons. The summed E-state index contributed by atoms with van der Waals surface area (Å²) in [6.45, 7) is 1.67. The van der Waals surface area contributed by atoms with E-state index < -0.39 is 11.7 Å². The van der Waals surface area contributed by atoms with Crippen molar-refractivity contribution in [2.75, 3.05) is 0 Å². The van der Waals surface area contributed by atoms with Crippen LogP contribution in [0, 0.1) is 0 Å². The van der Waals surface area contributed by atoms with Gasteiger partial charge in [0.15, 0.2) is 6.29 Å². The van der Waals surface area contributed by atoms with Gasteiger partial charge in [-0.1, -0.05) is 6.07 Å². The Labute approximate surface area is 70.4 Å². The fourth-order valence-electron chi connectivity index (χ4n) is 0.880. The third-order valence-corrected chi connectivity index (χ3v) is 1.67. The highest BCUT2D eigenvalue weighted by Crippen LogP contribution is 2.10. The number of hydrogen-bond donors (Lipinski definition) is 0. The Balaban J connectivity index is 2.85. The van der Waals surface area contributed by atoms with Crippen LogP contribution in [0.1, 0.15) is 18.5 Å². The maximum absolute atomic E-state index is 10.9. The molecule has 3 nitrogen and oxygen atoms in total. The Morgan fingerprint density at radius 2 is 2.33 bits per heavy atom. The van der Waals surface area contributed by atoms with Gasteiger partial charge in [0.25, 0.3) is 0 Å². The summed E-state index contributed by atoms with van der Waals surface area (Å²) < 4.78 is 0. The van der Waals surface area contributed by atoms with Crippen LogP contribution in [-0.4, -0.2) is 17.1 Å². The Kier molecular flexibility index (Phi) is 2.69. The molecule has 3 heteroatoms. The van der Waals surface area contributed by atoms with E-state index in [1.54, 1.807) is 31.3 Å². The molecule has 0 aliphatic rings. The summed E-state index contributed by atoms with van der Waals surface area (Å²) in [7, 11) is 0. The summed E-state index contributed by atoms with van der Waals surface area (Å²) in [6, 6.07) is 5.28. The lowest BCUT2D eigenvalue weighted by molar-refractivity contribution is -0.130. The fourth-order valence-corrected chi connectivity index (χ4v) is 0.880. The van der Waals surface area contributed by atoms with Gasteiger partial charge < -0.3 is 0 Å². The molecule has 0 aliphatic heterocycles. The van der Waals surface area contributed by atoms with Gasteiger partial charge in [-0.3, -0.25) is 14.6 Å². The number of carbonyl (C=O) groups is 2. The molecule has 12 heavy (non-hydrogen) atoms. The average Bonchev–Trinajstić information content (AvgIpc) is 2.17. The second-order valence-corrected chi connectivity index (χ2v) is 2.50. The van der Waals surface area contributed by atoms with E-state index in [1.165, 1.54) is 0 Å². The summed E-state index contributed by atoms with van der Waals surface area (Å²) >= 11 is 0. The number of ketones is 1. The van der Waals surface area contributed by atoms with Crippen LogP contribution < -0.4 is 0 Å². The van der Waals surface area contributed by atoms with Crippen LogP contribution in [0.15, 0.2) is 24.4 Å². The molecular formula is C9H9NO2. The van der Waals surface area contributed by atoms with Gasteiger partial charge >= 0.3 is 0 Å². The molecule has 0 saturated carbocycles. The molecule has 1 atom stereocenters.